The summed E-state index contributed by atoms with van der Waals surface area (Å²) < 4.78 is 79.8. The van der Waals surface area contributed by atoms with Crippen LogP contribution in [0.4, 0.5) is 37.0 Å². The summed E-state index contributed by atoms with van der Waals surface area (Å²) in [6, 6.07) is 6.38. The van der Waals surface area contributed by atoms with Crippen molar-refractivity contribution in [3.05, 3.63) is 52.7 Å². The second-order valence-electron chi connectivity index (χ2n) is 7.21. The summed E-state index contributed by atoms with van der Waals surface area (Å²) in [7, 11) is 0. The predicted octanol–water partition coefficient (Wildman–Crippen LogP) is 4.73. The van der Waals surface area contributed by atoms with Crippen LogP contribution in [-0.2, 0) is 12.7 Å². The Morgan fingerprint density at radius 2 is 1.79 bits per heavy atom. The van der Waals surface area contributed by atoms with Gasteiger partial charge in [0.05, 0.1) is 10.6 Å². The molecule has 1 aromatic carbocycles. The van der Waals surface area contributed by atoms with Crippen molar-refractivity contribution < 1.29 is 35.9 Å². The molecular formula is C20H19ClF6N4O2. The zero-order valence-corrected chi connectivity index (χ0v) is 17.8. The Labute approximate surface area is 190 Å². The molecule has 1 aliphatic heterocycles. The molecule has 1 fully saturated rings. The van der Waals surface area contributed by atoms with Crippen LogP contribution in [0.1, 0.15) is 11.1 Å². The lowest BCUT2D eigenvalue weighted by Crippen LogP contribution is -2.52. The van der Waals surface area contributed by atoms with Gasteiger partial charge in [0.2, 0.25) is 0 Å². The molecule has 6 nitrogen and oxygen atoms in total. The maximum atomic E-state index is 12.8. The normalized spacial score (nSPS) is 14.9. The number of nitrogens with zero attached hydrogens (tertiary/aromatic N) is 3. The highest BCUT2D eigenvalue weighted by atomic mass is 35.5. The smallest absolute Gasteiger partial charge is 0.422 e. The van der Waals surface area contributed by atoms with Gasteiger partial charge in [-0.3, -0.25) is 0 Å². The van der Waals surface area contributed by atoms with Gasteiger partial charge in [0.1, 0.15) is 11.6 Å². The van der Waals surface area contributed by atoms with Crippen molar-refractivity contribution >= 4 is 23.4 Å². The molecule has 13 heteroatoms. The molecule has 33 heavy (non-hydrogen) atoms. The number of urea groups is 1. The van der Waals surface area contributed by atoms with Crippen LogP contribution in [-0.4, -0.2) is 54.9 Å². The van der Waals surface area contributed by atoms with Crippen LogP contribution in [0.15, 0.2) is 36.5 Å². The minimum absolute atomic E-state index is 0.0357. The fraction of sp³-hybridized carbons (Fsp3) is 0.400. The minimum atomic E-state index is -4.55. The third-order valence-corrected chi connectivity index (χ3v) is 5.04. The molecule has 1 aromatic heterocycles. The third kappa shape index (κ3) is 7.04. The molecule has 0 radical (unpaired) electrons. The molecule has 0 saturated carbocycles. The van der Waals surface area contributed by atoms with Gasteiger partial charge < -0.3 is 19.9 Å². The summed E-state index contributed by atoms with van der Waals surface area (Å²) in [5, 5.41) is 2.55. The SMILES string of the molecule is O=C(NCc1cccc(OCC(F)(F)F)c1)N1CCN(c2ncc(C(F)(F)F)cc2Cl)CC1. The molecule has 2 heterocycles. The highest BCUT2D eigenvalue weighted by Crippen LogP contribution is 2.33. The first-order valence-electron chi connectivity index (χ1n) is 9.71. The number of hydrogen-bond donors (Lipinski definition) is 1. The molecule has 1 aliphatic rings. The van der Waals surface area contributed by atoms with E-state index in [-0.39, 0.29) is 42.3 Å². The minimum Gasteiger partial charge on any atom is -0.484 e. The second-order valence-corrected chi connectivity index (χ2v) is 7.62. The predicted molar refractivity (Wildman–Crippen MR) is 108 cm³/mol. The molecule has 2 aromatic rings. The molecule has 1 N–H and O–H groups in total. The van der Waals surface area contributed by atoms with Gasteiger partial charge in [-0.15, -0.1) is 0 Å². The van der Waals surface area contributed by atoms with Crippen molar-refractivity contribution in [3.8, 4) is 5.75 Å². The molecule has 180 valence electrons. The number of alkyl halides is 6. The van der Waals surface area contributed by atoms with Crippen molar-refractivity contribution in [1.82, 2.24) is 15.2 Å². The van der Waals surface area contributed by atoms with Crippen LogP contribution >= 0.6 is 11.6 Å². The number of carbonyl (C=O) groups is 1. The van der Waals surface area contributed by atoms with Crippen LogP contribution in [0, 0.1) is 0 Å². The zero-order valence-electron chi connectivity index (χ0n) is 17.0. The fourth-order valence-electron chi connectivity index (χ4n) is 3.14. The summed E-state index contributed by atoms with van der Waals surface area (Å²) in [6.07, 6.45) is -8.28. The number of ether oxygens (including phenoxy) is 1. The van der Waals surface area contributed by atoms with Gasteiger partial charge in [-0.1, -0.05) is 23.7 Å². The summed E-state index contributed by atoms with van der Waals surface area (Å²) in [4.78, 5) is 19.5. The van der Waals surface area contributed by atoms with Crippen molar-refractivity contribution in [2.24, 2.45) is 0 Å². The Hall–Kier alpha value is -2.89. The maximum Gasteiger partial charge on any atom is 0.422 e. The Kier molecular flexibility index (Phi) is 7.45. The Balaban J connectivity index is 1.50. The van der Waals surface area contributed by atoms with E-state index in [4.69, 9.17) is 16.3 Å². The van der Waals surface area contributed by atoms with Gasteiger partial charge >= 0.3 is 18.4 Å². The number of halogens is 7. The summed E-state index contributed by atoms with van der Waals surface area (Å²) >= 11 is 5.98. The molecule has 0 bridgehead atoms. The van der Waals surface area contributed by atoms with E-state index in [0.717, 1.165) is 6.07 Å². The first-order chi connectivity index (χ1) is 15.4. The van der Waals surface area contributed by atoms with Gasteiger partial charge in [0, 0.05) is 38.9 Å². The van der Waals surface area contributed by atoms with Gasteiger partial charge in [-0.2, -0.15) is 26.3 Å². The molecule has 0 atom stereocenters. The topological polar surface area (TPSA) is 57.7 Å². The number of amides is 2. The van der Waals surface area contributed by atoms with E-state index >= 15 is 0 Å². The van der Waals surface area contributed by atoms with E-state index in [1.54, 1.807) is 11.0 Å². The first-order valence-corrected chi connectivity index (χ1v) is 10.1. The zero-order chi connectivity index (χ0) is 24.2. The first kappa shape index (κ1) is 24.7. The summed E-state index contributed by atoms with van der Waals surface area (Å²) in [5.41, 5.74) is -0.385. The summed E-state index contributed by atoms with van der Waals surface area (Å²) in [5.74, 6) is 0.244. The quantitative estimate of drug-likeness (QED) is 0.608. The van der Waals surface area contributed by atoms with Gasteiger partial charge in [0.25, 0.3) is 0 Å². The number of carbonyl (C=O) groups excluding carboxylic acids is 1. The average Bonchev–Trinajstić information content (AvgIpc) is 2.75. The lowest BCUT2D eigenvalue weighted by molar-refractivity contribution is -0.153. The number of anilines is 1. The molecule has 2 amide bonds. The van der Waals surface area contributed by atoms with Crippen molar-refractivity contribution in [2.45, 2.75) is 18.9 Å². The average molecular weight is 497 g/mol. The Morgan fingerprint density at radius 3 is 2.39 bits per heavy atom. The number of piperazine rings is 1. The van der Waals surface area contributed by atoms with Crippen molar-refractivity contribution in [3.63, 3.8) is 0 Å². The Bertz CT molecular complexity index is 978. The monoisotopic (exact) mass is 496 g/mol. The van der Waals surface area contributed by atoms with E-state index in [9.17, 15) is 31.1 Å². The Morgan fingerprint density at radius 1 is 1.09 bits per heavy atom. The highest BCUT2D eigenvalue weighted by Gasteiger charge is 2.32. The van der Waals surface area contributed by atoms with Crippen LogP contribution in [0.2, 0.25) is 5.02 Å². The molecule has 0 spiro atoms. The number of aromatic nitrogens is 1. The molecular weight excluding hydrogens is 478 g/mol. The van der Waals surface area contributed by atoms with Crippen LogP contribution in [0.3, 0.4) is 0 Å². The van der Waals surface area contributed by atoms with E-state index in [1.807, 2.05) is 0 Å². The number of hydrogen-bond acceptors (Lipinski definition) is 4. The number of pyridine rings is 1. The van der Waals surface area contributed by atoms with Crippen LogP contribution < -0.4 is 15.0 Å². The van der Waals surface area contributed by atoms with Gasteiger partial charge in [-0.05, 0) is 23.8 Å². The standard InChI is InChI=1S/C20H19ClF6N4O2/c21-16-9-14(20(25,26)27)11-28-17(16)30-4-6-31(7-5-30)18(32)29-10-13-2-1-3-15(8-13)33-12-19(22,23)24/h1-3,8-9,11H,4-7,10,12H2,(H,29,32). The van der Waals surface area contributed by atoms with E-state index in [0.29, 0.717) is 24.8 Å². The number of rotatable bonds is 5. The summed E-state index contributed by atoms with van der Waals surface area (Å²) in [6.45, 7) is -0.156. The molecule has 3 rings (SSSR count). The lowest BCUT2D eigenvalue weighted by atomic mass is 10.2. The van der Waals surface area contributed by atoms with Crippen molar-refractivity contribution in [2.75, 3.05) is 37.7 Å². The highest BCUT2D eigenvalue weighted by molar-refractivity contribution is 6.33. The van der Waals surface area contributed by atoms with Gasteiger partial charge in [0.15, 0.2) is 6.61 Å². The van der Waals surface area contributed by atoms with E-state index < -0.39 is 24.5 Å². The van der Waals surface area contributed by atoms with E-state index in [1.165, 1.54) is 23.1 Å². The third-order valence-electron chi connectivity index (χ3n) is 4.76. The molecule has 0 unspecified atom stereocenters. The van der Waals surface area contributed by atoms with Crippen molar-refractivity contribution in [1.29, 1.82) is 0 Å². The van der Waals surface area contributed by atoms with Gasteiger partial charge in [-0.25, -0.2) is 9.78 Å². The van der Waals surface area contributed by atoms with Crippen LogP contribution in [0.5, 0.6) is 5.75 Å². The van der Waals surface area contributed by atoms with Crippen LogP contribution in [0.25, 0.3) is 0 Å². The second kappa shape index (κ2) is 9.94. The molecule has 0 aliphatic carbocycles. The fourth-order valence-corrected chi connectivity index (χ4v) is 3.43. The molecule has 1 saturated heterocycles. The van der Waals surface area contributed by atoms with E-state index in [2.05, 4.69) is 10.3 Å². The number of benzene rings is 1. The lowest BCUT2D eigenvalue weighted by Gasteiger charge is -2.35. The maximum absolute atomic E-state index is 12.8. The number of nitrogens with one attached hydrogen (secondary N) is 1. The largest absolute Gasteiger partial charge is 0.484 e.